The van der Waals surface area contributed by atoms with Crippen molar-refractivity contribution in [3.8, 4) is 0 Å². The lowest BCUT2D eigenvalue weighted by molar-refractivity contribution is -0.141. The summed E-state index contributed by atoms with van der Waals surface area (Å²) in [5, 5.41) is 6.05. The number of aliphatic imine (C=N–C) groups is 1. The van der Waals surface area contributed by atoms with Crippen LogP contribution in [0.5, 0.6) is 0 Å². The first-order valence-corrected chi connectivity index (χ1v) is 9.63. The highest BCUT2D eigenvalue weighted by atomic mass is 32.2. The molecule has 0 aromatic heterocycles. The highest BCUT2D eigenvalue weighted by molar-refractivity contribution is 8.39. The molecule has 1 unspecified atom stereocenters. The Balaban J connectivity index is 1.98. The maximum atomic E-state index is 12.2. The number of anilines is 1. The third-order valence-electron chi connectivity index (χ3n) is 3.02. The summed E-state index contributed by atoms with van der Waals surface area (Å²) >= 11 is 2.90. The average molecular weight is 380 g/mol. The number of hydrogen-bond donors (Lipinski definition) is 2. The molecule has 1 aliphatic rings. The number of carbonyl (C=O) groups excluding carboxylic acids is 2. The number of nitrogens with zero attached hydrogens (tertiary/aromatic N) is 2. The van der Waals surface area contributed by atoms with E-state index in [2.05, 4.69) is 20.8 Å². The van der Waals surface area contributed by atoms with Crippen molar-refractivity contribution in [3.63, 3.8) is 0 Å². The molecular weight excluding hydrogens is 360 g/mol. The summed E-state index contributed by atoms with van der Waals surface area (Å²) in [4.78, 5) is 28.4. The van der Waals surface area contributed by atoms with Gasteiger partial charge in [-0.15, -0.1) is 0 Å². The lowest BCUT2D eigenvalue weighted by atomic mass is 10.3. The molecule has 1 aromatic rings. The van der Waals surface area contributed by atoms with Crippen LogP contribution in [0.1, 0.15) is 13.8 Å². The highest BCUT2D eigenvalue weighted by Crippen LogP contribution is 2.27. The van der Waals surface area contributed by atoms with Crippen molar-refractivity contribution in [2.75, 3.05) is 24.2 Å². The molecule has 25 heavy (non-hydrogen) atoms. The van der Waals surface area contributed by atoms with Gasteiger partial charge in [0.15, 0.2) is 0 Å². The Kier molecular flexibility index (Phi) is 7.80. The van der Waals surface area contributed by atoms with Crippen molar-refractivity contribution in [3.05, 3.63) is 30.3 Å². The lowest BCUT2D eigenvalue weighted by Crippen LogP contribution is -2.32. The second kappa shape index (κ2) is 10.1. The minimum atomic E-state index is -0.638. The van der Waals surface area contributed by atoms with Gasteiger partial charge in [0, 0.05) is 11.4 Å². The van der Waals surface area contributed by atoms with E-state index >= 15 is 0 Å². The molecule has 1 heterocycles. The van der Waals surface area contributed by atoms with Crippen LogP contribution >= 0.6 is 23.5 Å². The van der Waals surface area contributed by atoms with Gasteiger partial charge in [0.25, 0.3) is 0 Å². The summed E-state index contributed by atoms with van der Waals surface area (Å²) in [6.07, 6.45) is 0. The lowest BCUT2D eigenvalue weighted by Gasteiger charge is -2.14. The molecule has 0 bridgehead atoms. The molecule has 0 saturated heterocycles. The maximum absolute atomic E-state index is 12.2. The Morgan fingerprint density at radius 3 is 2.80 bits per heavy atom. The summed E-state index contributed by atoms with van der Waals surface area (Å²) in [6.45, 7) is 4.46. The number of esters is 1. The predicted molar refractivity (Wildman–Crippen MR) is 104 cm³/mol. The minimum absolute atomic E-state index is 0.282. The van der Waals surface area contributed by atoms with Gasteiger partial charge in [-0.25, -0.2) is 10.2 Å². The van der Waals surface area contributed by atoms with Gasteiger partial charge in [-0.05, 0) is 26.0 Å². The standard InChI is InChI=1S/C16H20N4O3S2/c1-3-23-14(21)13(25-16-17-9-10-24-16)11(2)19-20-15(22)18-12-7-5-4-6-8-12/h4-8,13H,3,9-10H2,1-2H3,(H2,18,20,22)/b19-11+. The van der Waals surface area contributed by atoms with Gasteiger partial charge >= 0.3 is 12.0 Å². The van der Waals surface area contributed by atoms with Crippen LogP contribution in [0.25, 0.3) is 0 Å². The van der Waals surface area contributed by atoms with Crippen LogP contribution in [0.2, 0.25) is 0 Å². The molecule has 0 spiro atoms. The number of rotatable bonds is 6. The van der Waals surface area contributed by atoms with Gasteiger partial charge < -0.3 is 10.1 Å². The minimum Gasteiger partial charge on any atom is -0.465 e. The van der Waals surface area contributed by atoms with Gasteiger partial charge in [-0.1, -0.05) is 41.7 Å². The second-order valence-corrected chi connectivity index (χ2v) is 7.37. The number of nitrogens with one attached hydrogen (secondary N) is 2. The fourth-order valence-corrected chi connectivity index (χ4v) is 3.99. The summed E-state index contributed by atoms with van der Waals surface area (Å²) in [7, 11) is 0. The van der Waals surface area contributed by atoms with Crippen LogP contribution in [0.3, 0.4) is 0 Å². The molecule has 1 aliphatic heterocycles. The van der Waals surface area contributed by atoms with E-state index in [0.29, 0.717) is 11.4 Å². The molecule has 0 radical (unpaired) electrons. The van der Waals surface area contributed by atoms with Gasteiger partial charge in [-0.3, -0.25) is 9.79 Å². The molecule has 7 nitrogen and oxygen atoms in total. The van der Waals surface area contributed by atoms with Crippen molar-refractivity contribution < 1.29 is 14.3 Å². The van der Waals surface area contributed by atoms with E-state index in [-0.39, 0.29) is 6.61 Å². The summed E-state index contributed by atoms with van der Waals surface area (Å²) < 4.78 is 5.94. The third kappa shape index (κ3) is 6.43. The number of para-hydroxylation sites is 1. The monoisotopic (exact) mass is 380 g/mol. The molecule has 0 saturated carbocycles. The van der Waals surface area contributed by atoms with E-state index in [1.165, 1.54) is 11.8 Å². The first-order valence-electron chi connectivity index (χ1n) is 7.77. The number of benzene rings is 1. The van der Waals surface area contributed by atoms with Crippen LogP contribution in [0.15, 0.2) is 40.4 Å². The fourth-order valence-electron chi connectivity index (χ4n) is 1.89. The Morgan fingerprint density at radius 1 is 1.40 bits per heavy atom. The van der Waals surface area contributed by atoms with Crippen LogP contribution in [-0.4, -0.2) is 46.2 Å². The van der Waals surface area contributed by atoms with Gasteiger partial charge in [-0.2, -0.15) is 5.10 Å². The van der Waals surface area contributed by atoms with Crippen LogP contribution < -0.4 is 10.7 Å². The first kappa shape index (κ1) is 19.3. The zero-order valence-corrected chi connectivity index (χ0v) is 15.7. The molecule has 1 atom stereocenters. The van der Waals surface area contributed by atoms with Crippen molar-refractivity contribution in [2.24, 2.45) is 10.1 Å². The van der Waals surface area contributed by atoms with E-state index in [1.807, 2.05) is 18.2 Å². The molecule has 2 amide bonds. The molecule has 1 aromatic carbocycles. The Bertz CT molecular complexity index is 665. The maximum Gasteiger partial charge on any atom is 0.339 e. The number of ether oxygens (including phenoxy) is 1. The van der Waals surface area contributed by atoms with Crippen molar-refractivity contribution >= 4 is 51.3 Å². The summed E-state index contributed by atoms with van der Waals surface area (Å²) in [6, 6.07) is 8.54. The topological polar surface area (TPSA) is 92.2 Å². The quantitative estimate of drug-likeness (QED) is 0.450. The number of thioether (sulfide) groups is 2. The predicted octanol–water partition coefficient (Wildman–Crippen LogP) is 2.95. The van der Waals surface area contributed by atoms with Gasteiger partial charge in [0.1, 0.15) is 9.63 Å². The van der Waals surface area contributed by atoms with E-state index in [1.54, 1.807) is 37.7 Å². The normalized spacial score (nSPS) is 15.3. The molecule has 2 rings (SSSR count). The first-order chi connectivity index (χ1) is 12.1. The highest BCUT2D eigenvalue weighted by Gasteiger charge is 2.27. The molecule has 2 N–H and O–H groups in total. The third-order valence-corrected chi connectivity index (χ3v) is 5.53. The molecule has 0 fully saturated rings. The van der Waals surface area contributed by atoms with E-state index in [0.717, 1.165) is 16.7 Å². The van der Waals surface area contributed by atoms with Crippen LogP contribution in [-0.2, 0) is 9.53 Å². The van der Waals surface area contributed by atoms with Crippen molar-refractivity contribution in [1.82, 2.24) is 5.43 Å². The van der Waals surface area contributed by atoms with E-state index < -0.39 is 17.3 Å². The zero-order chi connectivity index (χ0) is 18.1. The summed E-state index contributed by atoms with van der Waals surface area (Å²) in [5.74, 6) is 0.514. The van der Waals surface area contributed by atoms with Crippen LogP contribution in [0.4, 0.5) is 10.5 Å². The SMILES string of the molecule is CCOC(=O)C(SC1=NCCS1)/C(C)=N/NC(=O)Nc1ccccc1. The van der Waals surface area contributed by atoms with Gasteiger partial charge in [0.05, 0.1) is 18.9 Å². The Hall–Kier alpha value is -2.00. The summed E-state index contributed by atoms with van der Waals surface area (Å²) in [5.41, 5.74) is 3.50. The van der Waals surface area contributed by atoms with E-state index in [4.69, 9.17) is 4.74 Å². The van der Waals surface area contributed by atoms with Crippen LogP contribution in [0, 0.1) is 0 Å². The molecular formula is C16H20N4O3S2. The number of amides is 2. The smallest absolute Gasteiger partial charge is 0.339 e. The fraction of sp³-hybridized carbons (Fsp3) is 0.375. The number of carbonyl (C=O) groups is 2. The zero-order valence-electron chi connectivity index (χ0n) is 14.0. The molecule has 134 valence electrons. The van der Waals surface area contributed by atoms with Crippen molar-refractivity contribution in [1.29, 1.82) is 0 Å². The Labute approximate surface area is 155 Å². The van der Waals surface area contributed by atoms with Gasteiger partial charge in [0.2, 0.25) is 0 Å². The number of hydrogen-bond acceptors (Lipinski definition) is 7. The van der Waals surface area contributed by atoms with E-state index in [9.17, 15) is 9.59 Å². The van der Waals surface area contributed by atoms with Crippen molar-refractivity contribution in [2.45, 2.75) is 19.1 Å². The molecule has 0 aliphatic carbocycles. The number of hydrazone groups is 1. The average Bonchev–Trinajstić information content (AvgIpc) is 3.12. The molecule has 9 heteroatoms. The Morgan fingerprint density at radius 2 is 2.16 bits per heavy atom. The number of urea groups is 1. The second-order valence-electron chi connectivity index (χ2n) is 4.93. The largest absolute Gasteiger partial charge is 0.465 e.